The molecule has 0 aromatic rings. The third-order valence-corrected chi connectivity index (χ3v) is 2.87. The highest BCUT2D eigenvalue weighted by Gasteiger charge is 2.44. The van der Waals surface area contributed by atoms with E-state index in [1.54, 1.807) is 0 Å². The molecular weight excluding hydrogens is 182 g/mol. The van der Waals surface area contributed by atoms with Crippen LogP contribution in [0.25, 0.3) is 0 Å². The lowest BCUT2D eigenvalue weighted by Crippen LogP contribution is -2.47. The first kappa shape index (κ1) is 11.0. The molecule has 2 N–H and O–H groups in total. The smallest absolute Gasteiger partial charge is 0.311 e. The molecule has 0 radical (unpaired) electrons. The van der Waals surface area contributed by atoms with Crippen molar-refractivity contribution in [2.24, 2.45) is 5.41 Å². The third kappa shape index (κ3) is 2.25. The van der Waals surface area contributed by atoms with Gasteiger partial charge in [0.05, 0.1) is 5.41 Å². The minimum atomic E-state index is -0.777. The van der Waals surface area contributed by atoms with Gasteiger partial charge in [0.15, 0.2) is 0 Å². The molecule has 0 spiro atoms. The van der Waals surface area contributed by atoms with Gasteiger partial charge in [0.2, 0.25) is 5.91 Å². The number of carbonyl (C=O) groups excluding carboxylic acids is 1. The van der Waals surface area contributed by atoms with E-state index >= 15 is 0 Å². The van der Waals surface area contributed by atoms with Gasteiger partial charge >= 0.3 is 5.97 Å². The molecule has 14 heavy (non-hydrogen) atoms. The van der Waals surface area contributed by atoms with Gasteiger partial charge in [0.1, 0.15) is 0 Å². The van der Waals surface area contributed by atoms with Crippen LogP contribution in [0.2, 0.25) is 0 Å². The van der Waals surface area contributed by atoms with E-state index in [1.165, 1.54) is 0 Å². The minimum Gasteiger partial charge on any atom is -0.481 e. The quantitative estimate of drug-likeness (QED) is 0.698. The first-order valence-corrected chi connectivity index (χ1v) is 5.11. The highest BCUT2D eigenvalue weighted by molar-refractivity contribution is 5.79. The molecule has 0 unspecified atom stereocenters. The number of carboxylic acid groups (broad SMARTS) is 1. The maximum Gasteiger partial charge on any atom is 0.311 e. The lowest BCUT2D eigenvalue weighted by atomic mass is 9.69. The lowest BCUT2D eigenvalue weighted by molar-refractivity contribution is -0.154. The Bertz CT molecular complexity index is 234. The Labute approximate surface area is 83.7 Å². The molecular formula is C10H17NO3. The van der Waals surface area contributed by atoms with E-state index < -0.39 is 11.4 Å². The number of carbonyl (C=O) groups is 2. The molecule has 1 fully saturated rings. The molecule has 0 heterocycles. The van der Waals surface area contributed by atoms with E-state index in [0.29, 0.717) is 25.8 Å². The van der Waals surface area contributed by atoms with Crippen molar-refractivity contribution in [2.45, 2.75) is 39.0 Å². The largest absolute Gasteiger partial charge is 0.481 e. The number of hydrogen-bond donors (Lipinski definition) is 2. The second kappa shape index (κ2) is 4.44. The van der Waals surface area contributed by atoms with Crippen molar-refractivity contribution < 1.29 is 14.7 Å². The molecule has 80 valence electrons. The van der Waals surface area contributed by atoms with Crippen LogP contribution in [0, 0.1) is 5.41 Å². The zero-order valence-corrected chi connectivity index (χ0v) is 8.51. The first-order chi connectivity index (χ1) is 6.60. The van der Waals surface area contributed by atoms with Crippen LogP contribution in [0.3, 0.4) is 0 Å². The highest BCUT2D eigenvalue weighted by Crippen LogP contribution is 2.40. The van der Waals surface area contributed by atoms with Gasteiger partial charge < -0.3 is 10.4 Å². The summed E-state index contributed by atoms with van der Waals surface area (Å²) in [4.78, 5) is 22.1. The zero-order valence-electron chi connectivity index (χ0n) is 8.51. The van der Waals surface area contributed by atoms with E-state index in [2.05, 4.69) is 5.32 Å². The molecule has 0 bridgehead atoms. The predicted octanol–water partition coefficient (Wildman–Crippen LogP) is 1.16. The minimum absolute atomic E-state index is 0.0416. The molecule has 1 rings (SSSR count). The average Bonchev–Trinajstić information content (AvgIpc) is 2.02. The summed E-state index contributed by atoms with van der Waals surface area (Å²) in [6.07, 6.45) is 3.61. The van der Waals surface area contributed by atoms with E-state index in [0.717, 1.165) is 12.8 Å². The van der Waals surface area contributed by atoms with E-state index in [-0.39, 0.29) is 5.91 Å². The highest BCUT2D eigenvalue weighted by atomic mass is 16.4. The number of carboxylic acids is 1. The van der Waals surface area contributed by atoms with Crippen LogP contribution in [0.15, 0.2) is 0 Å². The van der Waals surface area contributed by atoms with Crippen molar-refractivity contribution in [2.75, 3.05) is 6.54 Å². The third-order valence-electron chi connectivity index (χ3n) is 2.87. The maximum absolute atomic E-state index is 11.1. The van der Waals surface area contributed by atoms with Crippen LogP contribution >= 0.6 is 0 Å². The summed E-state index contributed by atoms with van der Waals surface area (Å²) in [5, 5.41) is 11.7. The Balaban J connectivity index is 2.35. The maximum atomic E-state index is 11.1. The number of aliphatic carboxylic acids is 1. The van der Waals surface area contributed by atoms with Gasteiger partial charge in [-0.2, -0.15) is 0 Å². The summed E-state index contributed by atoms with van der Waals surface area (Å²) < 4.78 is 0. The average molecular weight is 199 g/mol. The fourth-order valence-electron chi connectivity index (χ4n) is 1.65. The molecule has 1 aliphatic carbocycles. The van der Waals surface area contributed by atoms with Crippen LogP contribution in [0.5, 0.6) is 0 Å². The fourth-order valence-corrected chi connectivity index (χ4v) is 1.65. The second-order valence-corrected chi connectivity index (χ2v) is 3.97. The molecule has 0 aliphatic heterocycles. The van der Waals surface area contributed by atoms with Crippen LogP contribution in [-0.2, 0) is 9.59 Å². The van der Waals surface area contributed by atoms with Gasteiger partial charge in [0.25, 0.3) is 0 Å². The number of nitrogens with one attached hydrogen (secondary N) is 1. The van der Waals surface area contributed by atoms with Gasteiger partial charge in [-0.05, 0) is 19.3 Å². The standard InChI is InChI=1S/C10H17NO3/c1-2-4-8(12)11-7-10(9(13)14)5-3-6-10/h2-7H2,1H3,(H,11,12)(H,13,14). The molecule has 0 atom stereocenters. The topological polar surface area (TPSA) is 66.4 Å². The number of rotatable bonds is 5. The van der Waals surface area contributed by atoms with E-state index in [4.69, 9.17) is 5.11 Å². The summed E-state index contributed by atoms with van der Waals surface area (Å²) in [5.41, 5.74) is -0.663. The van der Waals surface area contributed by atoms with E-state index in [1.807, 2.05) is 6.92 Å². The van der Waals surface area contributed by atoms with Crippen molar-refractivity contribution in [1.29, 1.82) is 0 Å². The SMILES string of the molecule is CCCC(=O)NCC1(C(=O)O)CCC1. The lowest BCUT2D eigenvalue weighted by Gasteiger charge is -2.37. The van der Waals surface area contributed by atoms with Gasteiger partial charge in [-0.15, -0.1) is 0 Å². The van der Waals surface area contributed by atoms with Crippen molar-refractivity contribution in [3.63, 3.8) is 0 Å². The molecule has 4 heteroatoms. The van der Waals surface area contributed by atoms with Gasteiger partial charge in [-0.3, -0.25) is 9.59 Å². The summed E-state index contributed by atoms with van der Waals surface area (Å²) in [7, 11) is 0. The Morgan fingerprint density at radius 2 is 2.07 bits per heavy atom. The normalized spacial score (nSPS) is 18.4. The molecule has 1 aliphatic rings. The van der Waals surface area contributed by atoms with Crippen molar-refractivity contribution in [1.82, 2.24) is 5.32 Å². The Morgan fingerprint density at radius 1 is 1.43 bits per heavy atom. The van der Waals surface area contributed by atoms with E-state index in [9.17, 15) is 9.59 Å². The van der Waals surface area contributed by atoms with Crippen molar-refractivity contribution >= 4 is 11.9 Å². The van der Waals surface area contributed by atoms with Gasteiger partial charge in [-0.1, -0.05) is 13.3 Å². The Morgan fingerprint density at radius 3 is 2.43 bits per heavy atom. The molecule has 1 amide bonds. The summed E-state index contributed by atoms with van der Waals surface area (Å²) in [6, 6.07) is 0. The predicted molar refractivity (Wildman–Crippen MR) is 51.8 cm³/mol. The fraction of sp³-hybridized carbons (Fsp3) is 0.800. The van der Waals surface area contributed by atoms with Gasteiger partial charge in [0, 0.05) is 13.0 Å². The number of hydrogen-bond acceptors (Lipinski definition) is 2. The summed E-state index contributed by atoms with van der Waals surface area (Å²) in [6.45, 7) is 2.22. The number of amides is 1. The second-order valence-electron chi connectivity index (χ2n) is 3.97. The van der Waals surface area contributed by atoms with Gasteiger partial charge in [-0.25, -0.2) is 0 Å². The van der Waals surface area contributed by atoms with Crippen LogP contribution in [0.4, 0.5) is 0 Å². The molecule has 4 nitrogen and oxygen atoms in total. The summed E-state index contributed by atoms with van der Waals surface area (Å²) in [5.74, 6) is -0.819. The van der Waals surface area contributed by atoms with Crippen LogP contribution in [0.1, 0.15) is 39.0 Å². The molecule has 0 aromatic heterocycles. The Hall–Kier alpha value is -1.06. The monoisotopic (exact) mass is 199 g/mol. The summed E-state index contributed by atoms with van der Waals surface area (Å²) >= 11 is 0. The molecule has 0 aromatic carbocycles. The first-order valence-electron chi connectivity index (χ1n) is 5.11. The Kier molecular flexibility index (Phi) is 3.49. The van der Waals surface area contributed by atoms with Crippen molar-refractivity contribution in [3.05, 3.63) is 0 Å². The van der Waals surface area contributed by atoms with Crippen LogP contribution < -0.4 is 5.32 Å². The van der Waals surface area contributed by atoms with Crippen LogP contribution in [-0.4, -0.2) is 23.5 Å². The molecule has 0 saturated heterocycles. The molecule has 1 saturated carbocycles. The zero-order chi connectivity index (χ0) is 10.6. The van der Waals surface area contributed by atoms with Crippen molar-refractivity contribution in [3.8, 4) is 0 Å².